The molecule has 0 heterocycles. The Kier molecular flexibility index (Phi) is 34.7. The minimum atomic E-state index is -0.804. The van der Waals surface area contributed by atoms with Crippen LogP contribution in [0.1, 0.15) is 168 Å². The van der Waals surface area contributed by atoms with Gasteiger partial charge in [0.2, 0.25) is 0 Å². The van der Waals surface area contributed by atoms with Gasteiger partial charge in [-0.25, -0.2) is 0 Å². The molecule has 0 aliphatic rings. The molecule has 0 aromatic carbocycles. The van der Waals surface area contributed by atoms with Gasteiger partial charge in [0, 0.05) is 12.8 Å². The van der Waals surface area contributed by atoms with Gasteiger partial charge in [0.15, 0.2) is 6.10 Å². The molecule has 0 aliphatic carbocycles. The van der Waals surface area contributed by atoms with Crippen molar-refractivity contribution in [3.63, 3.8) is 0 Å². The monoisotopic (exact) mass is 671 g/mol. The third-order valence-electron chi connectivity index (χ3n) is 7.82. The highest BCUT2D eigenvalue weighted by Gasteiger charge is 2.19. The first-order chi connectivity index (χ1) is 23.5. The third-order valence-corrected chi connectivity index (χ3v) is 7.82. The molecule has 0 fully saturated rings. The van der Waals surface area contributed by atoms with Crippen molar-refractivity contribution in [1.29, 1.82) is 0 Å². The molecular weight excluding hydrogens is 600 g/mol. The molecule has 0 saturated carbocycles. The summed E-state index contributed by atoms with van der Waals surface area (Å²) in [5, 5.41) is 0. The third kappa shape index (κ3) is 34.4. The summed E-state index contributed by atoms with van der Waals surface area (Å²) < 4.78 is 16.4. The van der Waals surface area contributed by atoms with Crippen molar-refractivity contribution in [3.8, 4) is 0 Å². The van der Waals surface area contributed by atoms with Gasteiger partial charge < -0.3 is 14.2 Å². The lowest BCUT2D eigenvalue weighted by molar-refractivity contribution is -0.166. The molecule has 0 aliphatic heterocycles. The van der Waals surface area contributed by atoms with Crippen LogP contribution >= 0.6 is 0 Å². The molecule has 0 radical (unpaired) electrons. The number of carbonyl (C=O) groups is 3. The Labute approximate surface area is 294 Å². The molecule has 0 aromatic heterocycles. The number of carbonyl (C=O) groups excluding carboxylic acids is 3. The van der Waals surface area contributed by atoms with Crippen molar-refractivity contribution in [3.05, 3.63) is 60.8 Å². The van der Waals surface area contributed by atoms with Crippen LogP contribution in [0.4, 0.5) is 0 Å². The Balaban J connectivity index is 4.47. The summed E-state index contributed by atoms with van der Waals surface area (Å²) in [7, 11) is 0. The van der Waals surface area contributed by atoms with Crippen LogP contribution in [0.3, 0.4) is 0 Å². The second-order valence-corrected chi connectivity index (χ2v) is 12.5. The molecule has 0 amide bonds. The van der Waals surface area contributed by atoms with Gasteiger partial charge in [-0.15, -0.1) is 0 Å². The number of hydrogen-bond acceptors (Lipinski definition) is 6. The van der Waals surface area contributed by atoms with Gasteiger partial charge in [0.05, 0.1) is 6.42 Å². The number of hydrogen-bond donors (Lipinski definition) is 0. The van der Waals surface area contributed by atoms with Gasteiger partial charge >= 0.3 is 17.9 Å². The lowest BCUT2D eigenvalue weighted by atomic mass is 10.1. The SMILES string of the molecule is CC/C=C\C/C=C\C/C=C\C/C=C\C/C=C\CC(=O)OCC(COC(=O)CCCCCCCC)OC(=O)CCCCCCCCCCC. The van der Waals surface area contributed by atoms with Crippen LogP contribution in [0.25, 0.3) is 0 Å². The van der Waals surface area contributed by atoms with Crippen LogP contribution in [0.2, 0.25) is 0 Å². The minimum absolute atomic E-state index is 0.104. The second-order valence-electron chi connectivity index (χ2n) is 12.5. The van der Waals surface area contributed by atoms with Gasteiger partial charge in [-0.05, 0) is 44.9 Å². The highest BCUT2D eigenvalue weighted by molar-refractivity contribution is 5.72. The first-order valence-electron chi connectivity index (χ1n) is 19.3. The minimum Gasteiger partial charge on any atom is -0.462 e. The average Bonchev–Trinajstić information content (AvgIpc) is 3.08. The molecule has 6 heteroatoms. The first kappa shape index (κ1) is 45.1. The summed E-state index contributed by atoms with van der Waals surface area (Å²) in [5.74, 6) is -1.06. The molecule has 274 valence electrons. The predicted molar refractivity (Wildman–Crippen MR) is 201 cm³/mol. The fourth-order valence-electron chi connectivity index (χ4n) is 4.92. The zero-order valence-electron chi connectivity index (χ0n) is 31.0. The highest BCUT2D eigenvalue weighted by Crippen LogP contribution is 2.12. The standard InChI is InChI=1S/C42H70O6/c1-4-7-10-13-16-18-19-20-21-22-23-25-26-29-32-35-41(44)47-38-39(37-46-40(43)34-31-28-15-12-9-6-3)48-42(45)36-33-30-27-24-17-14-11-8-5-2/h7,10,16,18,20-21,23,25,29,32,39H,4-6,8-9,11-15,17,19,22,24,26-28,30-31,33-38H2,1-3H3/b10-7-,18-16-,21-20-,25-23-,32-29-. The van der Waals surface area contributed by atoms with Gasteiger partial charge in [0.1, 0.15) is 13.2 Å². The van der Waals surface area contributed by atoms with E-state index in [1.54, 1.807) is 6.08 Å². The molecule has 0 spiro atoms. The largest absolute Gasteiger partial charge is 0.462 e. The number of allylic oxidation sites excluding steroid dienone is 9. The summed E-state index contributed by atoms with van der Waals surface area (Å²) in [6.07, 6.45) is 42.5. The molecule has 0 aromatic rings. The molecule has 1 unspecified atom stereocenters. The van der Waals surface area contributed by atoms with Crippen molar-refractivity contribution < 1.29 is 28.6 Å². The van der Waals surface area contributed by atoms with Crippen molar-refractivity contribution in [1.82, 2.24) is 0 Å². The van der Waals surface area contributed by atoms with E-state index in [9.17, 15) is 14.4 Å². The number of unbranched alkanes of at least 4 members (excludes halogenated alkanes) is 13. The summed E-state index contributed by atoms with van der Waals surface area (Å²) in [4.78, 5) is 37.2. The summed E-state index contributed by atoms with van der Waals surface area (Å²) in [6.45, 7) is 6.31. The predicted octanol–water partition coefficient (Wildman–Crippen LogP) is 11.8. The molecule has 0 saturated heterocycles. The van der Waals surface area contributed by atoms with E-state index in [2.05, 4.69) is 69.4 Å². The number of ether oxygens (including phenoxy) is 3. The second kappa shape index (κ2) is 36.9. The Morgan fingerprint density at radius 1 is 0.438 bits per heavy atom. The van der Waals surface area contributed by atoms with E-state index in [-0.39, 0.29) is 31.6 Å². The molecule has 1 atom stereocenters. The Bertz CT molecular complexity index is 913. The zero-order chi connectivity index (χ0) is 35.2. The number of esters is 3. The van der Waals surface area contributed by atoms with Gasteiger partial charge in [-0.2, -0.15) is 0 Å². The summed E-state index contributed by atoms with van der Waals surface area (Å²) in [5.41, 5.74) is 0. The van der Waals surface area contributed by atoms with Gasteiger partial charge in [-0.1, -0.05) is 165 Å². The van der Waals surface area contributed by atoms with E-state index in [1.807, 2.05) is 6.08 Å². The van der Waals surface area contributed by atoms with Gasteiger partial charge in [0.25, 0.3) is 0 Å². The molecule has 0 bridgehead atoms. The maximum absolute atomic E-state index is 12.5. The van der Waals surface area contributed by atoms with Crippen LogP contribution in [0.15, 0.2) is 60.8 Å². The van der Waals surface area contributed by atoms with Crippen LogP contribution in [0, 0.1) is 0 Å². The Morgan fingerprint density at radius 3 is 1.27 bits per heavy atom. The van der Waals surface area contributed by atoms with Crippen molar-refractivity contribution in [2.24, 2.45) is 0 Å². The maximum atomic E-state index is 12.5. The van der Waals surface area contributed by atoms with E-state index in [0.717, 1.165) is 70.6 Å². The van der Waals surface area contributed by atoms with E-state index < -0.39 is 12.1 Å². The highest BCUT2D eigenvalue weighted by atomic mass is 16.6. The van der Waals surface area contributed by atoms with Crippen LogP contribution in [-0.2, 0) is 28.6 Å². The topological polar surface area (TPSA) is 78.9 Å². The molecule has 0 rings (SSSR count). The van der Waals surface area contributed by atoms with Crippen LogP contribution < -0.4 is 0 Å². The zero-order valence-corrected chi connectivity index (χ0v) is 31.0. The van der Waals surface area contributed by atoms with E-state index in [0.29, 0.717) is 12.8 Å². The fraction of sp³-hybridized carbons (Fsp3) is 0.690. The van der Waals surface area contributed by atoms with E-state index in [4.69, 9.17) is 14.2 Å². The van der Waals surface area contributed by atoms with E-state index >= 15 is 0 Å². The van der Waals surface area contributed by atoms with Crippen molar-refractivity contribution in [2.75, 3.05) is 13.2 Å². The lowest BCUT2D eigenvalue weighted by Gasteiger charge is -2.18. The maximum Gasteiger partial charge on any atom is 0.309 e. The van der Waals surface area contributed by atoms with Crippen LogP contribution in [0.5, 0.6) is 0 Å². The van der Waals surface area contributed by atoms with Gasteiger partial charge in [-0.3, -0.25) is 14.4 Å². The van der Waals surface area contributed by atoms with Crippen molar-refractivity contribution >= 4 is 17.9 Å². The Hall–Kier alpha value is -2.89. The molecular formula is C42H70O6. The van der Waals surface area contributed by atoms with Crippen molar-refractivity contribution in [2.45, 2.75) is 175 Å². The quantitative estimate of drug-likeness (QED) is 0.0299. The number of rotatable bonds is 33. The normalized spacial score (nSPS) is 12.6. The summed E-state index contributed by atoms with van der Waals surface area (Å²) in [6, 6.07) is 0. The average molecular weight is 671 g/mol. The molecule has 6 nitrogen and oxygen atoms in total. The van der Waals surface area contributed by atoms with E-state index in [1.165, 1.54) is 57.8 Å². The molecule has 0 N–H and O–H groups in total. The smallest absolute Gasteiger partial charge is 0.309 e. The molecule has 48 heavy (non-hydrogen) atoms. The Morgan fingerprint density at radius 2 is 0.812 bits per heavy atom. The fourth-order valence-corrected chi connectivity index (χ4v) is 4.92. The lowest BCUT2D eigenvalue weighted by Crippen LogP contribution is -2.30. The van der Waals surface area contributed by atoms with Crippen LogP contribution in [-0.4, -0.2) is 37.2 Å². The summed E-state index contributed by atoms with van der Waals surface area (Å²) >= 11 is 0. The first-order valence-corrected chi connectivity index (χ1v) is 19.3.